The molecule has 0 heterocycles. The fourth-order valence-electron chi connectivity index (χ4n) is 5.07. The lowest BCUT2D eigenvalue weighted by molar-refractivity contribution is -0.163. The molecule has 0 aliphatic heterocycles. The maximum Gasteiger partial charge on any atom is 0.170 e. The van der Waals surface area contributed by atoms with Crippen LogP contribution in [0.4, 0.5) is 0 Å². The number of rotatable bonds is 1. The number of Topliss-reactive ketones (excluding diaryl/α,β-unsaturated/α-hetero) is 1. The molecule has 0 amide bonds. The van der Waals surface area contributed by atoms with Crippen molar-refractivity contribution in [2.24, 2.45) is 22.2 Å². The molecule has 3 aliphatic carbocycles. The Morgan fingerprint density at radius 3 is 2.52 bits per heavy atom. The van der Waals surface area contributed by atoms with Gasteiger partial charge in [0.05, 0.1) is 0 Å². The van der Waals surface area contributed by atoms with Gasteiger partial charge in [-0.15, -0.1) is 6.58 Å². The third-order valence-corrected chi connectivity index (χ3v) is 6.67. The summed E-state index contributed by atoms with van der Waals surface area (Å²) in [5.74, 6) is -0.124. The molecule has 3 rings (SSSR count). The first-order valence-electron chi connectivity index (χ1n) is 8.36. The van der Waals surface area contributed by atoms with E-state index >= 15 is 0 Å². The van der Waals surface area contributed by atoms with Crippen molar-refractivity contribution in [3.8, 4) is 0 Å². The largest absolute Gasteiger partial charge is 0.377 e. The Morgan fingerprint density at radius 2 is 1.91 bits per heavy atom. The molecule has 0 aromatic carbocycles. The highest BCUT2D eigenvalue weighted by Crippen LogP contribution is 2.61. The topological polar surface area (TPSA) is 54.4 Å². The van der Waals surface area contributed by atoms with Crippen LogP contribution in [0.3, 0.4) is 0 Å². The standard InChI is InChI=1S/C20H26O3/c1-6-18(4)11-13-7-8-14-17(2,3)15(21)9-10-19(14,5)20(13,23)16(22)12-18/h6,9-11,14,23H,1,7-8,12H2,2-5H3. The SMILES string of the molecule is C=CC1(C)C=C2CCC3C(C)(C)C(=O)C=CC3(C)C2(O)C(=O)C1. The Hall–Kier alpha value is -1.48. The highest BCUT2D eigenvalue weighted by atomic mass is 16.3. The van der Waals surface area contributed by atoms with E-state index in [1.54, 1.807) is 18.2 Å². The normalized spacial score (nSPS) is 45.1. The summed E-state index contributed by atoms with van der Waals surface area (Å²) in [6, 6.07) is 0. The number of carbonyl (C=O) groups is 2. The Bertz CT molecular complexity index is 668. The second-order valence-electron chi connectivity index (χ2n) is 8.48. The summed E-state index contributed by atoms with van der Waals surface area (Å²) in [5.41, 5.74) is -2.42. The molecule has 1 saturated carbocycles. The lowest BCUT2D eigenvalue weighted by Gasteiger charge is -2.59. The van der Waals surface area contributed by atoms with Gasteiger partial charge < -0.3 is 5.11 Å². The first kappa shape index (κ1) is 16.4. The smallest absolute Gasteiger partial charge is 0.170 e. The number of hydrogen-bond donors (Lipinski definition) is 1. The van der Waals surface area contributed by atoms with E-state index in [0.29, 0.717) is 6.42 Å². The van der Waals surface area contributed by atoms with Gasteiger partial charge in [0.1, 0.15) is 0 Å². The van der Waals surface area contributed by atoms with Crippen molar-refractivity contribution in [2.45, 2.75) is 52.6 Å². The van der Waals surface area contributed by atoms with Crippen LogP contribution in [-0.2, 0) is 9.59 Å². The molecular weight excluding hydrogens is 288 g/mol. The van der Waals surface area contributed by atoms with Gasteiger partial charge in [-0.2, -0.15) is 0 Å². The van der Waals surface area contributed by atoms with Gasteiger partial charge in [-0.25, -0.2) is 0 Å². The number of aliphatic hydroxyl groups is 1. The molecule has 0 bridgehead atoms. The fraction of sp³-hybridized carbons (Fsp3) is 0.600. The average molecular weight is 314 g/mol. The van der Waals surface area contributed by atoms with E-state index in [1.165, 1.54) is 0 Å². The molecule has 0 radical (unpaired) electrons. The molecule has 0 aromatic rings. The molecule has 0 saturated heterocycles. The summed E-state index contributed by atoms with van der Waals surface area (Å²) < 4.78 is 0. The first-order valence-corrected chi connectivity index (χ1v) is 8.36. The summed E-state index contributed by atoms with van der Waals surface area (Å²) in [6.07, 6.45) is 8.86. The van der Waals surface area contributed by atoms with Gasteiger partial charge >= 0.3 is 0 Å². The quantitative estimate of drug-likeness (QED) is 0.755. The fourth-order valence-corrected chi connectivity index (χ4v) is 5.07. The van der Waals surface area contributed by atoms with Gasteiger partial charge in [0.25, 0.3) is 0 Å². The number of hydrogen-bond acceptors (Lipinski definition) is 3. The Labute approximate surface area is 138 Å². The number of allylic oxidation sites excluding steroid dienone is 3. The van der Waals surface area contributed by atoms with Crippen LogP contribution in [0.5, 0.6) is 0 Å². The van der Waals surface area contributed by atoms with E-state index in [0.717, 1.165) is 12.0 Å². The third kappa shape index (κ3) is 1.86. The van der Waals surface area contributed by atoms with Gasteiger partial charge in [0, 0.05) is 22.7 Å². The second-order valence-corrected chi connectivity index (χ2v) is 8.48. The van der Waals surface area contributed by atoms with Crippen molar-refractivity contribution in [1.29, 1.82) is 0 Å². The van der Waals surface area contributed by atoms with Crippen LogP contribution in [0.15, 0.2) is 36.5 Å². The van der Waals surface area contributed by atoms with Crippen molar-refractivity contribution in [3.05, 3.63) is 36.5 Å². The van der Waals surface area contributed by atoms with Crippen LogP contribution in [-0.4, -0.2) is 22.3 Å². The van der Waals surface area contributed by atoms with Gasteiger partial charge in [0.2, 0.25) is 0 Å². The van der Waals surface area contributed by atoms with Crippen LogP contribution in [0.1, 0.15) is 47.0 Å². The van der Waals surface area contributed by atoms with E-state index < -0.39 is 21.8 Å². The monoisotopic (exact) mass is 314 g/mol. The van der Waals surface area contributed by atoms with Crippen LogP contribution < -0.4 is 0 Å². The zero-order valence-corrected chi connectivity index (χ0v) is 14.5. The summed E-state index contributed by atoms with van der Waals surface area (Å²) in [5, 5.41) is 11.5. The van der Waals surface area contributed by atoms with Crippen molar-refractivity contribution in [2.75, 3.05) is 0 Å². The number of ketones is 2. The van der Waals surface area contributed by atoms with E-state index in [2.05, 4.69) is 6.58 Å². The van der Waals surface area contributed by atoms with Gasteiger partial charge in [0.15, 0.2) is 17.2 Å². The molecule has 0 spiro atoms. The molecule has 3 aliphatic rings. The third-order valence-electron chi connectivity index (χ3n) is 6.67. The molecule has 23 heavy (non-hydrogen) atoms. The highest BCUT2D eigenvalue weighted by Gasteiger charge is 2.65. The summed E-state index contributed by atoms with van der Waals surface area (Å²) in [7, 11) is 0. The molecule has 1 fully saturated rings. The van der Waals surface area contributed by atoms with Crippen molar-refractivity contribution >= 4 is 11.6 Å². The van der Waals surface area contributed by atoms with Crippen LogP contribution in [0, 0.1) is 22.2 Å². The summed E-state index contributed by atoms with van der Waals surface area (Å²) in [4.78, 5) is 25.3. The maximum atomic E-state index is 13.0. The van der Waals surface area contributed by atoms with Crippen molar-refractivity contribution in [1.82, 2.24) is 0 Å². The Morgan fingerprint density at radius 1 is 1.26 bits per heavy atom. The lowest BCUT2D eigenvalue weighted by atomic mass is 9.45. The maximum absolute atomic E-state index is 13.0. The number of fused-ring (bicyclic) bond motifs is 3. The molecule has 3 nitrogen and oxygen atoms in total. The van der Waals surface area contributed by atoms with Crippen LogP contribution in [0.2, 0.25) is 0 Å². The molecule has 0 aromatic heterocycles. The van der Waals surface area contributed by atoms with Gasteiger partial charge in [-0.1, -0.05) is 45.9 Å². The lowest BCUT2D eigenvalue weighted by Crippen LogP contribution is -2.65. The second kappa shape index (κ2) is 4.54. The molecule has 3 heteroatoms. The van der Waals surface area contributed by atoms with Crippen molar-refractivity contribution < 1.29 is 14.7 Å². The zero-order chi connectivity index (χ0) is 17.3. The van der Waals surface area contributed by atoms with Crippen LogP contribution >= 0.6 is 0 Å². The minimum atomic E-state index is -1.51. The zero-order valence-electron chi connectivity index (χ0n) is 14.5. The molecule has 1 N–H and O–H groups in total. The van der Waals surface area contributed by atoms with E-state index in [1.807, 2.05) is 33.8 Å². The minimum absolute atomic E-state index is 0.0494. The number of carbonyl (C=O) groups excluding carboxylic acids is 2. The summed E-state index contributed by atoms with van der Waals surface area (Å²) >= 11 is 0. The minimum Gasteiger partial charge on any atom is -0.377 e. The van der Waals surface area contributed by atoms with E-state index in [9.17, 15) is 14.7 Å². The molecule has 4 unspecified atom stereocenters. The van der Waals surface area contributed by atoms with Gasteiger partial charge in [-0.05, 0) is 30.4 Å². The first-order chi connectivity index (χ1) is 10.5. The van der Waals surface area contributed by atoms with E-state index in [-0.39, 0.29) is 23.9 Å². The molecular formula is C20H26O3. The Balaban J connectivity index is 2.22. The highest BCUT2D eigenvalue weighted by molar-refractivity contribution is 5.99. The van der Waals surface area contributed by atoms with Crippen molar-refractivity contribution in [3.63, 3.8) is 0 Å². The van der Waals surface area contributed by atoms with Gasteiger partial charge in [-0.3, -0.25) is 9.59 Å². The Kier molecular flexibility index (Phi) is 3.23. The summed E-state index contributed by atoms with van der Waals surface area (Å²) in [6.45, 7) is 11.6. The van der Waals surface area contributed by atoms with E-state index in [4.69, 9.17) is 0 Å². The predicted octanol–water partition coefficient (Wildman–Crippen LogP) is 3.39. The molecule has 4 atom stereocenters. The predicted molar refractivity (Wildman–Crippen MR) is 89.7 cm³/mol. The average Bonchev–Trinajstić information content (AvgIpc) is 2.47. The molecule has 124 valence electrons. The van der Waals surface area contributed by atoms with Crippen LogP contribution in [0.25, 0.3) is 0 Å².